The Morgan fingerprint density at radius 3 is 2.50 bits per heavy atom. The molecule has 0 unspecified atom stereocenters. The quantitative estimate of drug-likeness (QED) is 0.218. The lowest BCUT2D eigenvalue weighted by molar-refractivity contribution is -0.135. The predicted molar refractivity (Wildman–Crippen MR) is 184 cm³/mol. The Morgan fingerprint density at radius 2 is 1.75 bits per heavy atom. The van der Waals surface area contributed by atoms with Crippen LogP contribution >= 0.6 is 11.6 Å². The van der Waals surface area contributed by atoms with Crippen molar-refractivity contribution in [3.05, 3.63) is 110 Å². The number of hydrogen-bond acceptors (Lipinski definition) is 6. The molecule has 1 aromatic heterocycles. The van der Waals surface area contributed by atoms with Gasteiger partial charge in [-0.3, -0.25) is 19.2 Å². The number of piperidine rings is 2. The summed E-state index contributed by atoms with van der Waals surface area (Å²) in [5, 5.41) is 3.74. The number of carbonyl (C=O) groups is 3. The topological polar surface area (TPSA) is 109 Å². The summed E-state index contributed by atoms with van der Waals surface area (Å²) < 4.78 is 11.3. The molecule has 2 saturated heterocycles. The van der Waals surface area contributed by atoms with E-state index in [4.69, 9.17) is 20.8 Å². The molecule has 2 fully saturated rings. The number of nitrogens with zero attached hydrogens (tertiary/aromatic N) is 2. The van der Waals surface area contributed by atoms with Gasteiger partial charge in [0.1, 0.15) is 17.4 Å². The van der Waals surface area contributed by atoms with Crippen molar-refractivity contribution in [2.75, 3.05) is 26.2 Å². The van der Waals surface area contributed by atoms with Gasteiger partial charge in [0, 0.05) is 50.1 Å². The number of likely N-dealkylation sites (tertiary alicyclic amines) is 2. The molecule has 250 valence electrons. The number of fused-ring (bicyclic) bond motifs is 1. The number of amides is 3. The number of nitrogens with one attached hydrogen (secondary N) is 1. The number of ether oxygens (including phenoxy) is 1. The zero-order valence-corrected chi connectivity index (χ0v) is 27.8. The first kappa shape index (κ1) is 33.3. The maximum absolute atomic E-state index is 14.1. The van der Waals surface area contributed by atoms with E-state index in [1.54, 1.807) is 35.2 Å². The highest BCUT2D eigenvalue weighted by atomic mass is 35.5. The highest BCUT2D eigenvalue weighted by molar-refractivity contribution is 6.30. The van der Waals surface area contributed by atoms with Crippen molar-refractivity contribution in [1.82, 2.24) is 15.1 Å². The summed E-state index contributed by atoms with van der Waals surface area (Å²) in [6.07, 6.45) is 4.37. The second-order valence-electron chi connectivity index (χ2n) is 12.5. The SMILES string of the molecule is CCOc1ccc2oc(C(=O)N[C@@H](Cc3ccc(Cl)cc3)C(=O)N3CCC(c4ccccc4CN4CCCCC4=O)CC3)cc(=O)c2c1. The van der Waals surface area contributed by atoms with Gasteiger partial charge in [-0.2, -0.15) is 0 Å². The van der Waals surface area contributed by atoms with Crippen LogP contribution in [0.2, 0.25) is 5.02 Å². The molecule has 0 bridgehead atoms. The molecule has 3 aromatic carbocycles. The van der Waals surface area contributed by atoms with Crippen LogP contribution in [0.5, 0.6) is 5.75 Å². The van der Waals surface area contributed by atoms with E-state index < -0.39 is 11.9 Å². The molecule has 6 rings (SSSR count). The largest absolute Gasteiger partial charge is 0.494 e. The van der Waals surface area contributed by atoms with Crippen LogP contribution in [0.15, 0.2) is 82.0 Å². The molecular formula is C38H40ClN3O6. The molecule has 0 saturated carbocycles. The zero-order valence-electron chi connectivity index (χ0n) is 27.1. The number of carbonyl (C=O) groups excluding carboxylic acids is 3. The van der Waals surface area contributed by atoms with Gasteiger partial charge in [0.15, 0.2) is 11.2 Å². The molecule has 2 aliphatic heterocycles. The fourth-order valence-corrected chi connectivity index (χ4v) is 6.86. The van der Waals surface area contributed by atoms with Crippen LogP contribution in [0.1, 0.15) is 72.2 Å². The smallest absolute Gasteiger partial charge is 0.287 e. The lowest BCUT2D eigenvalue weighted by Gasteiger charge is -2.36. The molecule has 48 heavy (non-hydrogen) atoms. The number of hydrogen-bond donors (Lipinski definition) is 1. The average molecular weight is 670 g/mol. The van der Waals surface area contributed by atoms with Gasteiger partial charge in [-0.15, -0.1) is 0 Å². The van der Waals surface area contributed by atoms with E-state index in [1.165, 1.54) is 5.56 Å². The molecule has 10 heteroatoms. The van der Waals surface area contributed by atoms with Gasteiger partial charge in [-0.1, -0.05) is 48.0 Å². The summed E-state index contributed by atoms with van der Waals surface area (Å²) in [5.74, 6) is -0.0197. The molecule has 0 spiro atoms. The Morgan fingerprint density at radius 1 is 0.979 bits per heavy atom. The fraction of sp³-hybridized carbons (Fsp3) is 0.368. The van der Waals surface area contributed by atoms with Crippen molar-refractivity contribution >= 4 is 40.3 Å². The second-order valence-corrected chi connectivity index (χ2v) is 12.9. The van der Waals surface area contributed by atoms with E-state index in [2.05, 4.69) is 17.4 Å². The first-order chi connectivity index (χ1) is 23.3. The summed E-state index contributed by atoms with van der Waals surface area (Å²) in [6, 6.07) is 20.6. The van der Waals surface area contributed by atoms with E-state index >= 15 is 0 Å². The monoisotopic (exact) mass is 669 g/mol. The summed E-state index contributed by atoms with van der Waals surface area (Å²) >= 11 is 6.11. The maximum atomic E-state index is 14.1. The maximum Gasteiger partial charge on any atom is 0.287 e. The molecule has 2 aliphatic rings. The van der Waals surface area contributed by atoms with Crippen molar-refractivity contribution < 1.29 is 23.5 Å². The van der Waals surface area contributed by atoms with Crippen molar-refractivity contribution in [1.29, 1.82) is 0 Å². The van der Waals surface area contributed by atoms with Crippen LogP contribution in [0.25, 0.3) is 11.0 Å². The molecule has 0 aliphatic carbocycles. The Labute approximate surface area is 284 Å². The van der Waals surface area contributed by atoms with Crippen LogP contribution in [-0.4, -0.2) is 59.8 Å². The highest BCUT2D eigenvalue weighted by Crippen LogP contribution is 2.32. The summed E-state index contributed by atoms with van der Waals surface area (Å²) in [7, 11) is 0. The Bertz CT molecular complexity index is 1850. The molecular weight excluding hydrogens is 630 g/mol. The first-order valence-electron chi connectivity index (χ1n) is 16.7. The third-order valence-electron chi connectivity index (χ3n) is 9.27. The van der Waals surface area contributed by atoms with Crippen LogP contribution in [-0.2, 0) is 22.6 Å². The van der Waals surface area contributed by atoms with E-state index in [0.29, 0.717) is 48.8 Å². The predicted octanol–water partition coefficient (Wildman–Crippen LogP) is 6.10. The number of rotatable bonds is 10. The van der Waals surface area contributed by atoms with Crippen LogP contribution < -0.4 is 15.5 Å². The van der Waals surface area contributed by atoms with Crippen molar-refractivity contribution in [2.24, 2.45) is 0 Å². The van der Waals surface area contributed by atoms with Gasteiger partial charge < -0.3 is 24.3 Å². The summed E-state index contributed by atoms with van der Waals surface area (Å²) in [4.78, 5) is 56.8. The molecule has 3 heterocycles. The van der Waals surface area contributed by atoms with Gasteiger partial charge in [0.05, 0.1) is 12.0 Å². The summed E-state index contributed by atoms with van der Waals surface area (Å²) in [5.41, 5.74) is 3.10. The van der Waals surface area contributed by atoms with Crippen LogP contribution in [0.4, 0.5) is 0 Å². The van der Waals surface area contributed by atoms with E-state index in [1.807, 2.05) is 36.1 Å². The third kappa shape index (κ3) is 7.73. The van der Waals surface area contributed by atoms with Gasteiger partial charge in [-0.25, -0.2) is 0 Å². The van der Waals surface area contributed by atoms with Crippen LogP contribution in [0.3, 0.4) is 0 Å². The lowest BCUT2D eigenvalue weighted by atomic mass is 9.86. The van der Waals surface area contributed by atoms with Crippen molar-refractivity contribution in [3.8, 4) is 5.75 Å². The fourth-order valence-electron chi connectivity index (χ4n) is 6.73. The second kappa shape index (κ2) is 15.1. The van der Waals surface area contributed by atoms with Crippen LogP contribution in [0, 0.1) is 0 Å². The number of halogens is 1. The third-order valence-corrected chi connectivity index (χ3v) is 9.53. The van der Waals surface area contributed by atoms with Crippen molar-refractivity contribution in [2.45, 2.75) is 64.0 Å². The van der Waals surface area contributed by atoms with E-state index in [9.17, 15) is 19.2 Å². The standard InChI is InChI=1S/C38H40ClN3O6/c1-2-47-29-14-15-34-31(22-29)33(43)23-35(48-34)37(45)40-32(21-25-10-12-28(39)13-11-25)38(46)41-19-16-26(17-20-41)30-8-4-3-7-27(30)24-42-18-6-5-9-36(42)44/h3-4,7-8,10-15,22-23,26,32H,2,5-6,9,16-21,24H2,1H3,(H,40,45)/t32-/m0/s1. The zero-order chi connectivity index (χ0) is 33.6. The Hall–Kier alpha value is -4.63. The minimum atomic E-state index is -0.894. The molecule has 9 nitrogen and oxygen atoms in total. The molecule has 3 amide bonds. The average Bonchev–Trinajstić information content (AvgIpc) is 3.10. The Balaban J connectivity index is 1.17. The molecule has 1 N–H and O–H groups in total. The number of benzene rings is 3. The lowest BCUT2D eigenvalue weighted by Crippen LogP contribution is -2.51. The van der Waals surface area contributed by atoms with E-state index in [0.717, 1.165) is 49.4 Å². The summed E-state index contributed by atoms with van der Waals surface area (Å²) in [6.45, 7) is 4.76. The molecule has 4 aromatic rings. The Kier molecular flexibility index (Phi) is 10.4. The molecule has 1 atom stereocenters. The van der Waals surface area contributed by atoms with Gasteiger partial charge in [0.2, 0.25) is 11.8 Å². The highest BCUT2D eigenvalue weighted by Gasteiger charge is 2.32. The van der Waals surface area contributed by atoms with Crippen molar-refractivity contribution in [3.63, 3.8) is 0 Å². The minimum absolute atomic E-state index is 0.173. The van der Waals surface area contributed by atoms with E-state index in [-0.39, 0.29) is 40.9 Å². The normalized spacial score (nSPS) is 16.2. The first-order valence-corrected chi connectivity index (χ1v) is 17.1. The van der Waals surface area contributed by atoms with Gasteiger partial charge >= 0.3 is 0 Å². The van der Waals surface area contributed by atoms with Gasteiger partial charge in [-0.05, 0) is 85.5 Å². The minimum Gasteiger partial charge on any atom is -0.494 e. The van der Waals surface area contributed by atoms with Gasteiger partial charge in [0.25, 0.3) is 5.91 Å². The molecule has 0 radical (unpaired) electrons.